The third-order valence-electron chi connectivity index (χ3n) is 5.55. The molecule has 0 radical (unpaired) electrons. The van der Waals surface area contributed by atoms with Crippen molar-refractivity contribution in [3.8, 4) is 6.07 Å². The zero-order chi connectivity index (χ0) is 22.6. The predicted molar refractivity (Wildman–Crippen MR) is 117 cm³/mol. The summed E-state index contributed by atoms with van der Waals surface area (Å²) in [5.74, 6) is 0.743. The minimum absolute atomic E-state index is 0.161. The Bertz CT molecular complexity index is 1030. The van der Waals surface area contributed by atoms with E-state index in [0.717, 1.165) is 18.5 Å². The van der Waals surface area contributed by atoms with Gasteiger partial charge < -0.3 is 10.8 Å². The minimum Gasteiger partial charge on any atom is -0.392 e. The number of halogens is 1. The second kappa shape index (κ2) is 9.92. The number of rotatable bonds is 4. The molecule has 1 saturated heterocycles. The van der Waals surface area contributed by atoms with Crippen molar-refractivity contribution in [1.82, 2.24) is 18.9 Å². The molecule has 1 aliphatic rings. The van der Waals surface area contributed by atoms with Crippen LogP contribution in [0.15, 0.2) is 6.20 Å². The lowest BCUT2D eigenvalue weighted by atomic mass is 9.89. The van der Waals surface area contributed by atoms with Gasteiger partial charge in [-0.2, -0.15) is 9.57 Å². The molecular weight excluding hydrogens is 428 g/mol. The summed E-state index contributed by atoms with van der Waals surface area (Å²) in [6.45, 7) is 7.15. The van der Waals surface area contributed by atoms with Gasteiger partial charge in [0.25, 0.3) is 0 Å². The fourth-order valence-corrected chi connectivity index (χ4v) is 4.59. The first-order valence-corrected chi connectivity index (χ1v) is 12.1. The van der Waals surface area contributed by atoms with Crippen molar-refractivity contribution in [2.45, 2.75) is 52.1 Å². The number of nitriles is 1. The van der Waals surface area contributed by atoms with Gasteiger partial charge in [0.15, 0.2) is 0 Å². The average molecular weight is 457 g/mol. The molecule has 9 nitrogen and oxygen atoms in total. The smallest absolute Gasteiger partial charge is 0.238 e. The number of hydrogen-bond donors (Lipinski definition) is 2. The molecule has 3 rings (SSSR count). The summed E-state index contributed by atoms with van der Waals surface area (Å²) >= 11 is 6.24. The molecular formula is C19H29ClN6O3S. The zero-order valence-corrected chi connectivity index (χ0v) is 19.3. The normalized spacial score (nSPS) is 19.6. The Labute approximate surface area is 182 Å². The van der Waals surface area contributed by atoms with Crippen molar-refractivity contribution in [2.75, 3.05) is 25.1 Å². The molecule has 0 aliphatic carbocycles. The number of nitrogens with zero attached hydrogens (tertiary/aromatic N) is 5. The highest BCUT2D eigenvalue weighted by molar-refractivity contribution is 7.88. The summed E-state index contributed by atoms with van der Waals surface area (Å²) in [6, 6.07) is 2.17. The lowest BCUT2D eigenvalue weighted by Gasteiger charge is -2.27. The fraction of sp³-hybridized carbons (Fsp3) is 0.632. The van der Waals surface area contributed by atoms with Crippen molar-refractivity contribution in [2.24, 2.45) is 5.92 Å². The summed E-state index contributed by atoms with van der Waals surface area (Å²) in [6.07, 6.45) is 4.74. The second-order valence-electron chi connectivity index (χ2n) is 7.69. The molecule has 1 aliphatic heterocycles. The number of β-amino-alcohol motifs (C(OH)–C–C–N with tert-alkyl or cyclic N) is 1. The quantitative estimate of drug-likeness (QED) is 0.720. The van der Waals surface area contributed by atoms with Gasteiger partial charge in [-0.3, -0.25) is 0 Å². The molecule has 11 heteroatoms. The highest BCUT2D eigenvalue weighted by Crippen LogP contribution is 2.35. The molecule has 2 aromatic heterocycles. The fourth-order valence-electron chi connectivity index (χ4n) is 3.42. The molecule has 1 fully saturated rings. The molecule has 0 amide bonds. The molecule has 0 spiro atoms. The van der Waals surface area contributed by atoms with Gasteiger partial charge in [-0.1, -0.05) is 38.8 Å². The second-order valence-corrected chi connectivity index (χ2v) is 10.1. The summed E-state index contributed by atoms with van der Waals surface area (Å²) in [4.78, 5) is 3.93. The summed E-state index contributed by atoms with van der Waals surface area (Å²) in [7, 11) is -3.09. The molecule has 0 aromatic carbocycles. The third-order valence-corrected chi connectivity index (χ3v) is 7.20. The van der Waals surface area contributed by atoms with Gasteiger partial charge in [0, 0.05) is 19.0 Å². The number of anilines is 1. The van der Waals surface area contributed by atoms with E-state index in [0.29, 0.717) is 35.0 Å². The van der Waals surface area contributed by atoms with Gasteiger partial charge in [-0.05, 0) is 18.8 Å². The number of aliphatic hydroxyl groups is 1. The number of nitrogens with two attached hydrogens (primary N) is 1. The first-order chi connectivity index (χ1) is 14.0. The van der Waals surface area contributed by atoms with E-state index in [1.807, 2.05) is 0 Å². The Morgan fingerprint density at radius 2 is 2.13 bits per heavy atom. The van der Waals surface area contributed by atoms with Crippen LogP contribution in [-0.4, -0.2) is 57.9 Å². The van der Waals surface area contributed by atoms with Crippen LogP contribution in [0.25, 0.3) is 5.52 Å². The molecule has 0 saturated carbocycles. The third kappa shape index (κ3) is 5.40. The Morgan fingerprint density at radius 3 is 2.63 bits per heavy atom. The Kier molecular flexibility index (Phi) is 8.05. The topological polar surface area (TPSA) is 138 Å². The number of sulfonamides is 1. The standard InChI is InChI=1S/C13H16ClN5.C6H13NO3S/c1-4-7(2)8(3)12-9(5-15)11(14)10-6-17-13(16)18-19(10)12;1-11(9,10)7-4-2-3-6(8)5-7/h6-8H,4H2,1-3H3,(H2,16,18);6,8H,2-5H2,1H3. The Morgan fingerprint density at radius 1 is 1.47 bits per heavy atom. The highest BCUT2D eigenvalue weighted by atomic mass is 35.5. The lowest BCUT2D eigenvalue weighted by molar-refractivity contribution is 0.108. The largest absolute Gasteiger partial charge is 0.392 e. The van der Waals surface area contributed by atoms with Gasteiger partial charge >= 0.3 is 0 Å². The van der Waals surface area contributed by atoms with Crippen molar-refractivity contribution >= 4 is 33.1 Å². The van der Waals surface area contributed by atoms with E-state index in [1.165, 1.54) is 10.6 Å². The van der Waals surface area contributed by atoms with Crippen molar-refractivity contribution in [1.29, 1.82) is 5.26 Å². The van der Waals surface area contributed by atoms with Crippen LogP contribution in [0, 0.1) is 17.2 Å². The molecule has 3 N–H and O–H groups in total. The maximum atomic E-state index is 10.9. The van der Waals surface area contributed by atoms with Crippen molar-refractivity contribution < 1.29 is 13.5 Å². The van der Waals surface area contributed by atoms with Gasteiger partial charge in [-0.15, -0.1) is 5.10 Å². The first-order valence-electron chi connectivity index (χ1n) is 9.87. The van der Waals surface area contributed by atoms with Crippen LogP contribution in [0.3, 0.4) is 0 Å². The SMILES string of the molecule is CCC(C)C(C)c1c(C#N)c(Cl)c2cnc(N)nn12.CS(=O)(=O)N1CCCC(O)C1. The van der Waals surface area contributed by atoms with Gasteiger partial charge in [-0.25, -0.2) is 17.9 Å². The Balaban J connectivity index is 0.000000248. The molecule has 3 atom stereocenters. The van der Waals surface area contributed by atoms with Gasteiger partial charge in [0.05, 0.1) is 34.8 Å². The molecule has 3 unspecified atom stereocenters. The average Bonchev–Trinajstić information content (AvgIpc) is 2.97. The number of nitrogen functional groups attached to an aromatic ring is 1. The highest BCUT2D eigenvalue weighted by Gasteiger charge is 2.26. The van der Waals surface area contributed by atoms with E-state index in [9.17, 15) is 13.7 Å². The lowest BCUT2D eigenvalue weighted by Crippen LogP contribution is -2.41. The number of aliphatic hydroxyl groups excluding tert-OH is 1. The molecule has 30 heavy (non-hydrogen) atoms. The molecule has 3 heterocycles. The summed E-state index contributed by atoms with van der Waals surface area (Å²) < 4.78 is 24.9. The maximum Gasteiger partial charge on any atom is 0.238 e. The monoisotopic (exact) mass is 456 g/mol. The predicted octanol–water partition coefficient (Wildman–Crippen LogP) is 2.39. The Hall–Kier alpha value is -1.93. The van der Waals surface area contributed by atoms with E-state index in [4.69, 9.17) is 22.4 Å². The zero-order valence-electron chi connectivity index (χ0n) is 17.7. The first kappa shape index (κ1) is 24.3. The summed E-state index contributed by atoms with van der Waals surface area (Å²) in [5.41, 5.74) is 7.53. The van der Waals surface area contributed by atoms with Crippen LogP contribution >= 0.6 is 11.6 Å². The van der Waals surface area contributed by atoms with Gasteiger partial charge in [0.2, 0.25) is 16.0 Å². The maximum absolute atomic E-state index is 10.9. The molecule has 2 aromatic rings. The van der Waals surface area contributed by atoms with Crippen LogP contribution in [0.1, 0.15) is 57.2 Å². The number of piperidine rings is 1. The minimum atomic E-state index is -3.09. The van der Waals surface area contributed by atoms with E-state index >= 15 is 0 Å². The van der Waals surface area contributed by atoms with Gasteiger partial charge in [0.1, 0.15) is 11.6 Å². The van der Waals surface area contributed by atoms with Crippen LogP contribution in [0.2, 0.25) is 5.02 Å². The van der Waals surface area contributed by atoms with E-state index in [1.54, 1.807) is 10.7 Å². The van der Waals surface area contributed by atoms with Crippen molar-refractivity contribution in [3.63, 3.8) is 0 Å². The number of aromatic nitrogens is 3. The van der Waals surface area contributed by atoms with Crippen LogP contribution in [-0.2, 0) is 10.0 Å². The van der Waals surface area contributed by atoms with Crippen molar-refractivity contribution in [3.05, 3.63) is 22.5 Å². The summed E-state index contributed by atoms with van der Waals surface area (Å²) in [5, 5.41) is 23.1. The van der Waals surface area contributed by atoms with E-state index in [2.05, 4.69) is 36.9 Å². The number of hydrogen-bond acceptors (Lipinski definition) is 7. The van der Waals surface area contributed by atoms with Crippen LogP contribution < -0.4 is 5.73 Å². The van der Waals surface area contributed by atoms with E-state index in [-0.39, 0.29) is 18.4 Å². The van der Waals surface area contributed by atoms with E-state index < -0.39 is 16.1 Å². The van der Waals surface area contributed by atoms with Crippen LogP contribution in [0.5, 0.6) is 0 Å². The number of fused-ring (bicyclic) bond motifs is 1. The molecule has 0 bridgehead atoms. The molecule has 166 valence electrons. The van der Waals surface area contributed by atoms with Crippen LogP contribution in [0.4, 0.5) is 5.95 Å².